The van der Waals surface area contributed by atoms with Crippen LogP contribution in [0, 0.1) is 6.92 Å². The summed E-state index contributed by atoms with van der Waals surface area (Å²) in [5.74, 6) is 2.24. The van der Waals surface area contributed by atoms with Crippen molar-refractivity contribution in [1.82, 2.24) is 4.57 Å². The third kappa shape index (κ3) is 4.63. The van der Waals surface area contributed by atoms with Crippen molar-refractivity contribution in [2.24, 2.45) is 7.05 Å². The van der Waals surface area contributed by atoms with Crippen LogP contribution in [0.3, 0.4) is 0 Å². The molecule has 0 saturated heterocycles. The van der Waals surface area contributed by atoms with Gasteiger partial charge in [-0.15, -0.1) is 11.3 Å². The maximum Gasteiger partial charge on any atom is 0.299 e. The molecule has 46 heavy (non-hydrogen) atoms. The van der Waals surface area contributed by atoms with Crippen LogP contribution in [-0.4, -0.2) is 4.57 Å². The third-order valence-electron chi connectivity index (χ3n) is 9.66. The maximum absolute atomic E-state index is 9.06. The molecule has 0 bridgehead atoms. The zero-order valence-corrected chi connectivity index (χ0v) is 30.0. The van der Waals surface area contributed by atoms with Gasteiger partial charge in [-0.05, 0) is 76.9 Å². The molecule has 3 aromatic heterocycles. The minimum atomic E-state index is -0.101. The molecule has 0 unspecified atom stereocenters. The van der Waals surface area contributed by atoms with Gasteiger partial charge in [-0.3, -0.25) is 0 Å². The van der Waals surface area contributed by atoms with Crippen molar-refractivity contribution in [2.75, 3.05) is 0 Å². The number of nitrogens with zero attached hydrogens (tertiary/aromatic N) is 2. The van der Waals surface area contributed by atoms with Crippen LogP contribution in [0.25, 0.3) is 60.1 Å². The summed E-state index contributed by atoms with van der Waals surface area (Å²) >= 11 is 1.75. The number of thiophene rings is 1. The van der Waals surface area contributed by atoms with E-state index in [2.05, 4.69) is 146 Å². The van der Waals surface area contributed by atoms with Gasteiger partial charge in [-0.2, -0.15) is 4.57 Å². The standard InChI is InChI=1S/C42H47N2OS/c1-23(2)28-20-30(24(3)4)38(31(21-28)25(5)6)44-33-15-13-12-14-32(33)43(11)41(44)36-26(7)16-18-29-37-34(45-39(29)36)19-17-27-22-35(42(8,9)10)46-40(27)37/h12-25H,1-11H3/q+1/i22D. The number of furan rings is 1. The molecule has 4 aromatic carbocycles. The number of fused-ring (bicyclic) bond motifs is 6. The van der Waals surface area contributed by atoms with E-state index < -0.39 is 0 Å². The molecule has 0 saturated carbocycles. The van der Waals surface area contributed by atoms with Gasteiger partial charge in [0.2, 0.25) is 0 Å². The highest BCUT2D eigenvalue weighted by Crippen LogP contribution is 2.46. The molecule has 3 nitrogen and oxygen atoms in total. The van der Waals surface area contributed by atoms with Crippen LogP contribution >= 0.6 is 11.3 Å². The van der Waals surface area contributed by atoms with E-state index in [9.17, 15) is 0 Å². The molecule has 0 fully saturated rings. The third-order valence-corrected chi connectivity index (χ3v) is 11.2. The predicted octanol–water partition coefficient (Wildman–Crippen LogP) is 12.2. The molecule has 0 atom stereocenters. The lowest BCUT2D eigenvalue weighted by molar-refractivity contribution is -0.633. The summed E-state index contributed by atoms with van der Waals surface area (Å²) in [6.45, 7) is 22.7. The second-order valence-electron chi connectivity index (χ2n) is 15.1. The Morgan fingerprint density at radius 1 is 0.870 bits per heavy atom. The topological polar surface area (TPSA) is 21.9 Å². The van der Waals surface area contributed by atoms with Crippen LogP contribution in [0.2, 0.25) is 0 Å². The molecule has 7 rings (SSSR count). The summed E-state index contributed by atoms with van der Waals surface area (Å²) in [6, 6.07) is 22.9. The monoisotopic (exact) mass is 628 g/mol. The maximum atomic E-state index is 9.06. The van der Waals surface area contributed by atoms with E-state index in [1.165, 1.54) is 39.0 Å². The van der Waals surface area contributed by atoms with E-state index in [4.69, 9.17) is 5.79 Å². The Kier molecular flexibility index (Phi) is 6.95. The van der Waals surface area contributed by atoms with Gasteiger partial charge in [0.25, 0.3) is 5.82 Å². The molecule has 3 heterocycles. The Hall–Kier alpha value is -3.89. The number of hydrogen-bond acceptors (Lipinski definition) is 2. The van der Waals surface area contributed by atoms with Crippen LogP contribution in [0.4, 0.5) is 0 Å². The first-order chi connectivity index (χ1) is 22.2. The molecule has 0 spiro atoms. The smallest absolute Gasteiger partial charge is 0.299 e. The number of rotatable bonds is 5. The van der Waals surface area contributed by atoms with Crippen LogP contribution in [0.5, 0.6) is 0 Å². The molecule has 0 aliphatic carbocycles. The molecular formula is C42H47N2OS+. The first kappa shape index (κ1) is 29.5. The van der Waals surface area contributed by atoms with Crippen LogP contribution in [0.1, 0.15) is 109 Å². The van der Waals surface area contributed by atoms with E-state index in [1.807, 2.05) is 0 Å². The Morgan fingerprint density at radius 3 is 2.17 bits per heavy atom. The van der Waals surface area contributed by atoms with Gasteiger partial charge in [0.05, 0.1) is 8.42 Å². The highest BCUT2D eigenvalue weighted by Gasteiger charge is 2.34. The SMILES string of the molecule is [2H]c1c(C(C)(C)C)sc2c1ccc1oc3c(-c4n(-c5c(C(C)C)cc(C(C)C)cc5C(C)C)c5ccccc5[n+]4C)c(C)ccc3c12. The molecule has 4 heteroatoms. The lowest BCUT2D eigenvalue weighted by atomic mass is 9.87. The van der Waals surface area contributed by atoms with Crippen molar-refractivity contribution < 1.29 is 10.4 Å². The average molecular weight is 629 g/mol. The molecule has 0 amide bonds. The van der Waals surface area contributed by atoms with Gasteiger partial charge in [0.15, 0.2) is 16.6 Å². The number of hydrogen-bond donors (Lipinski definition) is 0. The quantitative estimate of drug-likeness (QED) is 0.174. The minimum Gasteiger partial charge on any atom is -0.455 e. The largest absolute Gasteiger partial charge is 0.455 e. The lowest BCUT2D eigenvalue weighted by Gasteiger charge is -2.21. The molecule has 0 aliphatic heterocycles. The molecule has 236 valence electrons. The summed E-state index contributed by atoms with van der Waals surface area (Å²) in [5.41, 5.74) is 11.7. The summed E-state index contributed by atoms with van der Waals surface area (Å²) in [5, 5.41) is 3.23. The van der Waals surface area contributed by atoms with Crippen molar-refractivity contribution in [3.63, 3.8) is 0 Å². The fourth-order valence-corrected chi connectivity index (χ4v) is 8.28. The summed E-state index contributed by atoms with van der Waals surface area (Å²) in [6.07, 6.45) is 0. The number of benzene rings is 4. The summed E-state index contributed by atoms with van der Waals surface area (Å²) in [4.78, 5) is 1.11. The Morgan fingerprint density at radius 2 is 1.54 bits per heavy atom. The van der Waals surface area contributed by atoms with E-state index in [1.54, 1.807) is 11.3 Å². The molecule has 0 aliphatic rings. The zero-order valence-electron chi connectivity index (χ0n) is 30.2. The fraction of sp³-hybridized carbons (Fsp3) is 0.357. The van der Waals surface area contributed by atoms with Gasteiger partial charge >= 0.3 is 0 Å². The van der Waals surface area contributed by atoms with Gasteiger partial charge in [0.1, 0.15) is 16.8 Å². The Labute approximate surface area is 278 Å². The van der Waals surface area contributed by atoms with Gasteiger partial charge in [0, 0.05) is 31.5 Å². The first-order valence-corrected chi connectivity index (χ1v) is 17.6. The fourth-order valence-electron chi connectivity index (χ4n) is 7.07. The van der Waals surface area contributed by atoms with Crippen molar-refractivity contribution in [2.45, 2.75) is 92.4 Å². The Balaban J connectivity index is 1.65. The highest BCUT2D eigenvalue weighted by atomic mass is 32.1. The van der Waals surface area contributed by atoms with Gasteiger partial charge in [-0.25, -0.2) is 4.57 Å². The van der Waals surface area contributed by atoms with E-state index in [-0.39, 0.29) is 5.41 Å². The number of para-hydroxylation sites is 2. The lowest BCUT2D eigenvalue weighted by Crippen LogP contribution is -2.30. The number of aryl methyl sites for hydroxylation is 2. The minimum absolute atomic E-state index is 0.101. The summed E-state index contributed by atoms with van der Waals surface area (Å²) in [7, 11) is 2.20. The zero-order chi connectivity index (χ0) is 33.7. The summed E-state index contributed by atoms with van der Waals surface area (Å²) < 4.78 is 22.0. The highest BCUT2D eigenvalue weighted by molar-refractivity contribution is 7.20. The predicted molar refractivity (Wildman–Crippen MR) is 198 cm³/mol. The average Bonchev–Trinajstić information content (AvgIpc) is 3.65. The normalized spacial score (nSPS) is 13.1. The van der Waals surface area contributed by atoms with Crippen molar-refractivity contribution in [3.05, 3.63) is 93.8 Å². The molecule has 0 N–H and O–H groups in total. The van der Waals surface area contributed by atoms with Gasteiger partial charge in [-0.1, -0.05) is 98.7 Å². The van der Waals surface area contributed by atoms with E-state index in [0.717, 1.165) is 48.3 Å². The van der Waals surface area contributed by atoms with Crippen molar-refractivity contribution in [3.8, 4) is 17.1 Å². The van der Waals surface area contributed by atoms with Crippen LogP contribution in [0.15, 0.2) is 71.1 Å². The van der Waals surface area contributed by atoms with E-state index >= 15 is 0 Å². The molecule has 7 aromatic rings. The van der Waals surface area contributed by atoms with Crippen molar-refractivity contribution >= 4 is 54.4 Å². The molecule has 0 radical (unpaired) electrons. The second kappa shape index (κ2) is 10.8. The van der Waals surface area contributed by atoms with Crippen molar-refractivity contribution in [1.29, 1.82) is 0 Å². The first-order valence-electron chi connectivity index (χ1n) is 17.3. The van der Waals surface area contributed by atoms with Crippen LogP contribution in [-0.2, 0) is 12.5 Å². The molecular weight excluding hydrogens is 581 g/mol. The second-order valence-corrected chi connectivity index (χ2v) is 16.1. The van der Waals surface area contributed by atoms with Gasteiger partial charge < -0.3 is 4.42 Å². The number of aromatic nitrogens is 2. The number of imidazole rings is 1. The Bertz CT molecular complexity index is 2330. The van der Waals surface area contributed by atoms with Crippen LogP contribution < -0.4 is 4.57 Å². The van der Waals surface area contributed by atoms with E-state index in [0.29, 0.717) is 23.8 Å².